The number of rotatable bonds is 12. The van der Waals surface area contributed by atoms with Crippen molar-refractivity contribution in [3.05, 3.63) is 140 Å². The van der Waals surface area contributed by atoms with Crippen LogP contribution >= 0.6 is 0 Å². The number of likely N-dealkylation sites (tertiary alicyclic amines) is 2. The van der Waals surface area contributed by atoms with Crippen LogP contribution < -0.4 is 21.8 Å². The lowest BCUT2D eigenvalue weighted by molar-refractivity contribution is 0.191. The third-order valence-electron chi connectivity index (χ3n) is 11.6. The summed E-state index contributed by atoms with van der Waals surface area (Å²) in [7, 11) is 0. The predicted octanol–water partition coefficient (Wildman–Crippen LogP) is 5.33. The first-order valence-electron chi connectivity index (χ1n) is 20.8. The van der Waals surface area contributed by atoms with Gasteiger partial charge in [0.05, 0.1) is 34.5 Å². The maximum Gasteiger partial charge on any atom is 0.269 e. The number of fused-ring (bicyclic) bond motifs is 2. The highest BCUT2D eigenvalue weighted by Crippen LogP contribution is 2.16. The van der Waals surface area contributed by atoms with Crippen LogP contribution in [0.4, 0.5) is 0 Å². The van der Waals surface area contributed by atoms with Crippen molar-refractivity contribution in [2.45, 2.75) is 91.6 Å². The number of aromatic nitrogens is 6. The summed E-state index contributed by atoms with van der Waals surface area (Å²) in [6.45, 7) is 17.3. The van der Waals surface area contributed by atoms with Crippen LogP contribution in [-0.2, 0) is 26.2 Å². The Morgan fingerprint density at radius 3 is 1.31 bits per heavy atom. The molecule has 12 nitrogen and oxygen atoms in total. The van der Waals surface area contributed by atoms with E-state index in [9.17, 15) is 9.59 Å². The zero-order chi connectivity index (χ0) is 40.4. The highest BCUT2D eigenvalue weighted by atomic mass is 16.1. The van der Waals surface area contributed by atoms with E-state index < -0.39 is 0 Å². The summed E-state index contributed by atoms with van der Waals surface area (Å²) in [6.07, 6.45) is 11.3. The molecular formula is C46H58N10O2. The Labute approximate surface area is 341 Å². The van der Waals surface area contributed by atoms with Gasteiger partial charge in [-0.2, -0.15) is 0 Å². The average molecular weight is 783 g/mol. The molecule has 58 heavy (non-hydrogen) atoms. The predicted molar refractivity (Wildman–Crippen MR) is 232 cm³/mol. The van der Waals surface area contributed by atoms with Crippen LogP contribution in [0.25, 0.3) is 22.1 Å². The molecule has 6 aromatic rings. The fourth-order valence-corrected chi connectivity index (χ4v) is 7.94. The number of hydrogen-bond donors (Lipinski definition) is 2. The number of hydrogen-bond acceptors (Lipinski definition) is 10. The minimum Gasteiger partial charge on any atom is -0.310 e. The molecule has 0 spiro atoms. The standard InChI is InChI=1S/2C23H29N5O/c2*1-17-3-6-21-22(13-17)28(23(29)16-26-21)12-11-27-9-7-20(8-10-27)25-15-19-5-4-18(2)24-14-19/h2*3-6,13-14,16,20,25H,7-12,15H2,1-2H3. The quantitative estimate of drug-likeness (QED) is 0.169. The van der Waals surface area contributed by atoms with E-state index in [-0.39, 0.29) is 11.1 Å². The fraction of sp³-hybridized carbons (Fsp3) is 0.435. The van der Waals surface area contributed by atoms with Crippen LogP contribution in [0, 0.1) is 27.7 Å². The molecule has 2 N–H and O–H groups in total. The topological polar surface area (TPSA) is 126 Å². The summed E-state index contributed by atoms with van der Waals surface area (Å²) >= 11 is 0. The molecule has 0 atom stereocenters. The van der Waals surface area contributed by atoms with Gasteiger partial charge in [0.15, 0.2) is 0 Å². The van der Waals surface area contributed by atoms with E-state index in [1.54, 1.807) is 0 Å². The lowest BCUT2D eigenvalue weighted by Gasteiger charge is -2.32. The zero-order valence-electron chi connectivity index (χ0n) is 34.5. The van der Waals surface area contributed by atoms with Crippen molar-refractivity contribution < 1.29 is 0 Å². The molecule has 0 amide bonds. The highest BCUT2D eigenvalue weighted by molar-refractivity contribution is 5.76. The fourth-order valence-electron chi connectivity index (χ4n) is 7.94. The van der Waals surface area contributed by atoms with Crippen LogP contribution in [0.3, 0.4) is 0 Å². The summed E-state index contributed by atoms with van der Waals surface area (Å²) in [4.78, 5) is 46.9. The Bertz CT molecular complexity index is 2210. The molecule has 0 radical (unpaired) electrons. The molecule has 8 rings (SSSR count). The average Bonchev–Trinajstić information content (AvgIpc) is 3.23. The summed E-state index contributed by atoms with van der Waals surface area (Å²) in [5.41, 5.74) is 10.4. The molecule has 4 aromatic heterocycles. The van der Waals surface area contributed by atoms with Gasteiger partial charge >= 0.3 is 0 Å². The SMILES string of the molecule is Cc1ccc2ncc(=O)n(CCN3CCC(NCc4ccc(C)nc4)CC3)c2c1.Cc1ccc2ncc(=O)n(CCN3CCC(NCc4ccc(C)nc4)CC3)c2c1. The summed E-state index contributed by atoms with van der Waals surface area (Å²) in [5, 5.41) is 7.32. The van der Waals surface area contributed by atoms with E-state index >= 15 is 0 Å². The van der Waals surface area contributed by atoms with Crippen molar-refractivity contribution in [1.82, 2.24) is 49.5 Å². The zero-order valence-corrected chi connectivity index (χ0v) is 34.5. The van der Waals surface area contributed by atoms with Crippen molar-refractivity contribution >= 4 is 22.1 Å². The number of aryl methyl sites for hydroxylation is 4. The third kappa shape index (κ3) is 11.1. The van der Waals surface area contributed by atoms with E-state index in [2.05, 4.69) is 76.8 Å². The van der Waals surface area contributed by atoms with Crippen molar-refractivity contribution in [3.63, 3.8) is 0 Å². The summed E-state index contributed by atoms with van der Waals surface area (Å²) in [6, 6.07) is 21.6. The van der Waals surface area contributed by atoms with Gasteiger partial charge in [-0.3, -0.25) is 19.6 Å². The van der Waals surface area contributed by atoms with Crippen molar-refractivity contribution in [3.8, 4) is 0 Å². The molecule has 2 aliphatic heterocycles. The smallest absolute Gasteiger partial charge is 0.269 e. The Morgan fingerprint density at radius 1 is 0.517 bits per heavy atom. The van der Waals surface area contributed by atoms with Crippen LogP contribution in [-0.4, -0.2) is 90.2 Å². The van der Waals surface area contributed by atoms with Gasteiger partial charge in [0, 0.05) is 75.1 Å². The Kier molecular flexibility index (Phi) is 13.8. The second kappa shape index (κ2) is 19.5. The molecule has 304 valence electrons. The largest absolute Gasteiger partial charge is 0.310 e. The molecule has 2 saturated heterocycles. The van der Waals surface area contributed by atoms with Crippen LogP contribution in [0.5, 0.6) is 0 Å². The number of nitrogens with one attached hydrogen (secondary N) is 2. The molecule has 2 aliphatic rings. The maximum absolute atomic E-state index is 12.4. The second-order valence-electron chi connectivity index (χ2n) is 16.1. The Morgan fingerprint density at radius 2 is 0.931 bits per heavy atom. The molecule has 0 saturated carbocycles. The Hall–Kier alpha value is -5.14. The van der Waals surface area contributed by atoms with E-state index in [0.29, 0.717) is 25.2 Å². The first-order valence-corrected chi connectivity index (χ1v) is 20.8. The third-order valence-corrected chi connectivity index (χ3v) is 11.6. The van der Waals surface area contributed by atoms with Gasteiger partial charge in [-0.1, -0.05) is 24.3 Å². The number of pyridine rings is 2. The van der Waals surface area contributed by atoms with Gasteiger partial charge in [-0.15, -0.1) is 0 Å². The first-order chi connectivity index (χ1) is 28.2. The molecule has 2 aromatic carbocycles. The van der Waals surface area contributed by atoms with Gasteiger partial charge in [0.25, 0.3) is 11.1 Å². The summed E-state index contributed by atoms with van der Waals surface area (Å²) < 4.78 is 3.73. The summed E-state index contributed by atoms with van der Waals surface area (Å²) in [5.74, 6) is 0. The normalized spacial score (nSPS) is 15.8. The molecule has 0 bridgehead atoms. The molecular weight excluding hydrogens is 725 g/mol. The lowest BCUT2D eigenvalue weighted by Crippen LogP contribution is -2.43. The van der Waals surface area contributed by atoms with Crippen molar-refractivity contribution in [2.75, 3.05) is 39.3 Å². The molecule has 0 aliphatic carbocycles. The monoisotopic (exact) mass is 782 g/mol. The molecule has 12 heteroatoms. The lowest BCUT2D eigenvalue weighted by atomic mass is 10.0. The van der Waals surface area contributed by atoms with Gasteiger partial charge in [0.2, 0.25) is 0 Å². The number of piperidine rings is 2. The van der Waals surface area contributed by atoms with Gasteiger partial charge in [-0.25, -0.2) is 9.97 Å². The highest BCUT2D eigenvalue weighted by Gasteiger charge is 2.20. The minimum atomic E-state index is -0.0219. The number of nitrogens with zero attached hydrogens (tertiary/aromatic N) is 8. The first kappa shape index (κ1) is 41.0. The molecule has 2 fully saturated rings. The van der Waals surface area contributed by atoms with Crippen LogP contribution in [0.15, 0.2) is 95.0 Å². The van der Waals surface area contributed by atoms with Gasteiger partial charge in [-0.05, 0) is 138 Å². The van der Waals surface area contributed by atoms with Gasteiger partial charge < -0.3 is 29.6 Å². The van der Waals surface area contributed by atoms with E-state index in [1.165, 1.54) is 23.5 Å². The van der Waals surface area contributed by atoms with E-state index in [0.717, 1.165) is 123 Å². The van der Waals surface area contributed by atoms with E-state index in [1.807, 2.05) is 73.5 Å². The molecule has 0 unspecified atom stereocenters. The maximum atomic E-state index is 12.4. The Balaban J connectivity index is 0.000000177. The van der Waals surface area contributed by atoms with E-state index in [4.69, 9.17) is 0 Å². The van der Waals surface area contributed by atoms with Crippen molar-refractivity contribution in [1.29, 1.82) is 0 Å². The van der Waals surface area contributed by atoms with Gasteiger partial charge in [0.1, 0.15) is 0 Å². The van der Waals surface area contributed by atoms with Crippen molar-refractivity contribution in [2.24, 2.45) is 0 Å². The second-order valence-corrected chi connectivity index (χ2v) is 16.1. The molecule has 6 heterocycles. The minimum absolute atomic E-state index is 0.0219. The number of benzene rings is 2. The van der Waals surface area contributed by atoms with Crippen LogP contribution in [0.2, 0.25) is 0 Å². The van der Waals surface area contributed by atoms with Crippen LogP contribution in [0.1, 0.15) is 59.3 Å².